The highest BCUT2D eigenvalue weighted by Gasteiger charge is 2.37. The van der Waals surface area contributed by atoms with Gasteiger partial charge in [0, 0.05) is 13.3 Å². The molecule has 0 saturated heterocycles. The molecule has 0 aliphatic rings. The number of hydrogen-bond acceptors (Lipinski definition) is 11. The molecule has 27 heteroatoms. The number of phenolic OH excluding ortho intramolecular Hbond substituents is 1. The van der Waals surface area contributed by atoms with Gasteiger partial charge in [-0.2, -0.15) is 0 Å². The molecule has 26 N–H and O–H groups in total. The second-order valence-electron chi connectivity index (χ2n) is 18.0. The number of hydrazine groups is 1. The zero-order chi connectivity index (χ0) is 54.0. The maximum absolute atomic E-state index is 14.4. The van der Waals surface area contributed by atoms with Gasteiger partial charge >= 0.3 is 11.9 Å². The highest BCUT2D eigenvalue weighted by molar-refractivity contribution is 5.98. The molecule has 1 aromatic carbocycles. The van der Waals surface area contributed by atoms with E-state index in [0.29, 0.717) is 30.0 Å². The molecule has 0 radical (unpaired) electrons. The van der Waals surface area contributed by atoms with Crippen molar-refractivity contribution in [2.45, 2.75) is 141 Å². The van der Waals surface area contributed by atoms with Gasteiger partial charge in [-0.05, 0) is 80.9 Å². The second-order valence-corrected chi connectivity index (χ2v) is 18.0. The van der Waals surface area contributed by atoms with E-state index < -0.39 is 108 Å². The predicted molar refractivity (Wildman–Crippen MR) is 260 cm³/mol. The summed E-state index contributed by atoms with van der Waals surface area (Å²) in [4.78, 5) is 126. The molecule has 0 aliphatic heterocycles. The van der Waals surface area contributed by atoms with Crippen molar-refractivity contribution in [2.24, 2.45) is 52.1 Å². The molecule has 71 heavy (non-hydrogen) atoms. The van der Waals surface area contributed by atoms with Gasteiger partial charge < -0.3 is 54.2 Å². The van der Waals surface area contributed by atoms with Crippen LogP contribution in [0.2, 0.25) is 0 Å². The Morgan fingerprint density at radius 1 is 0.620 bits per heavy atom. The highest BCUT2D eigenvalue weighted by Crippen LogP contribution is 2.15. The Labute approximate surface area is 413 Å². The standard InChI is InChI=1S/C44H77N17O10/c1-23(2)20-30(59-41(70)35(24(3)4)60-40(69)32(22-34(46)64)58-37(66)28(55-25(5)62)10-6-7-17-45)38(67)57-31(21-26-13-15-27(63)16-14-26)39(68)56-29(11-8-18-53-43(48)49)42(71)61(52)33(36(47)65)12-9-19-54-44(50)51/h13-16,23-24,28-33,35,63H,6-12,17-22,45,52H2,1-5H3,(H2,46,64)(H2,47,65)(H,55,62)(H,56,68)(H,57,67)(H,58,66)(H,59,70)(H,60,69)(H4,48,49,53)(H4,50,51,54)/p+3/t28-,29-,30-,31-,32-,33-,35-/m0/s1. The van der Waals surface area contributed by atoms with Crippen molar-refractivity contribution in [1.29, 1.82) is 0 Å². The Kier molecular flexibility index (Phi) is 27.6. The first-order valence-corrected chi connectivity index (χ1v) is 23.5. The van der Waals surface area contributed by atoms with E-state index >= 15 is 0 Å². The summed E-state index contributed by atoms with van der Waals surface area (Å²) in [7, 11) is 0. The number of carbonyl (C=O) groups excluding carboxylic acids is 9. The number of carbonyl (C=O) groups is 9. The van der Waals surface area contributed by atoms with Crippen molar-refractivity contribution in [3.05, 3.63) is 29.8 Å². The molecule has 0 fully saturated rings. The van der Waals surface area contributed by atoms with E-state index in [9.17, 15) is 48.3 Å². The minimum Gasteiger partial charge on any atom is -0.508 e. The first kappa shape index (κ1) is 61.7. The van der Waals surface area contributed by atoms with Gasteiger partial charge in [-0.3, -0.25) is 81.1 Å². The number of nitrogens with two attached hydrogens (primary N) is 7. The summed E-state index contributed by atoms with van der Waals surface area (Å²) in [5.41, 5.74) is 37.3. The molecule has 1 aromatic rings. The van der Waals surface area contributed by atoms with Gasteiger partial charge in [0.1, 0.15) is 48.0 Å². The van der Waals surface area contributed by atoms with Gasteiger partial charge in [0.2, 0.25) is 47.3 Å². The second kappa shape index (κ2) is 31.8. The van der Waals surface area contributed by atoms with Crippen molar-refractivity contribution in [1.82, 2.24) is 36.9 Å². The number of benzene rings is 1. The molecular formula is C44H80N17O10+3. The lowest BCUT2D eigenvalue weighted by molar-refractivity contribution is -0.460. The Morgan fingerprint density at radius 2 is 1.11 bits per heavy atom. The minimum absolute atomic E-state index is 0.00889. The van der Waals surface area contributed by atoms with Gasteiger partial charge in [0.25, 0.3) is 5.91 Å². The van der Waals surface area contributed by atoms with Crippen molar-refractivity contribution < 1.29 is 64.0 Å². The van der Waals surface area contributed by atoms with E-state index in [1.807, 2.05) is 0 Å². The zero-order valence-corrected chi connectivity index (χ0v) is 41.5. The molecule has 398 valence electrons. The van der Waals surface area contributed by atoms with Gasteiger partial charge in [0.15, 0.2) is 0 Å². The maximum Gasteiger partial charge on any atom is 0.338 e. The van der Waals surface area contributed by atoms with Crippen LogP contribution >= 0.6 is 0 Å². The number of rotatable bonds is 33. The normalized spacial score (nSPS) is 13.9. The molecule has 9 amide bonds. The topological polar surface area (TPSA) is 487 Å². The number of amides is 9. The monoisotopic (exact) mass is 1010 g/mol. The van der Waals surface area contributed by atoms with Crippen molar-refractivity contribution in [2.75, 3.05) is 19.6 Å². The quantitative estimate of drug-likeness (QED) is 0.00777. The average Bonchev–Trinajstić information content (AvgIpc) is 3.27. The van der Waals surface area contributed by atoms with Crippen LogP contribution in [-0.2, 0) is 49.6 Å². The smallest absolute Gasteiger partial charge is 0.338 e. The van der Waals surface area contributed by atoms with Gasteiger partial charge in [-0.15, -0.1) is 0 Å². The summed E-state index contributed by atoms with van der Waals surface area (Å²) in [6.45, 7) is 8.96. The number of phenols is 1. The van der Waals surface area contributed by atoms with Crippen LogP contribution in [0, 0.1) is 11.8 Å². The van der Waals surface area contributed by atoms with Crippen LogP contribution in [0.15, 0.2) is 24.3 Å². The summed E-state index contributed by atoms with van der Waals surface area (Å²) in [5.74, 6) is -2.40. The maximum atomic E-state index is 14.4. The van der Waals surface area contributed by atoms with Crippen LogP contribution < -0.4 is 87.9 Å². The number of primary amides is 2. The van der Waals surface area contributed by atoms with Crippen LogP contribution in [0.3, 0.4) is 0 Å². The van der Waals surface area contributed by atoms with Crippen LogP contribution in [0.1, 0.15) is 98.0 Å². The number of nitrogens with zero attached hydrogens (tertiary/aromatic N) is 1. The average molecular weight is 1010 g/mol. The van der Waals surface area contributed by atoms with Crippen LogP contribution in [0.25, 0.3) is 0 Å². The lowest BCUT2D eigenvalue weighted by Gasteiger charge is -2.31. The number of hydrogen-bond donors (Lipinski definition) is 17. The molecule has 27 nitrogen and oxygen atoms in total. The first-order valence-electron chi connectivity index (χ1n) is 23.5. The van der Waals surface area contributed by atoms with E-state index in [1.165, 1.54) is 31.2 Å². The Bertz CT molecular complexity index is 2010. The van der Waals surface area contributed by atoms with E-state index in [4.69, 9.17) is 40.2 Å². The van der Waals surface area contributed by atoms with Crippen molar-refractivity contribution >= 4 is 65.1 Å². The summed E-state index contributed by atoms with van der Waals surface area (Å²) < 4.78 is 0. The predicted octanol–water partition coefficient (Wildman–Crippen LogP) is -9.32. The largest absolute Gasteiger partial charge is 0.508 e. The van der Waals surface area contributed by atoms with E-state index in [1.54, 1.807) is 27.7 Å². The Hall–Kier alpha value is -7.29. The fraction of sp³-hybridized carbons (Fsp3) is 0.614. The van der Waals surface area contributed by atoms with Crippen molar-refractivity contribution in [3.63, 3.8) is 0 Å². The van der Waals surface area contributed by atoms with E-state index in [2.05, 4.69) is 47.6 Å². The Balaban J connectivity index is 3.59. The van der Waals surface area contributed by atoms with Crippen LogP contribution in [0.4, 0.5) is 0 Å². The molecule has 0 aromatic heterocycles. The number of guanidine groups is 2. The number of nitrogens with one attached hydrogen (secondary N) is 8. The summed E-state index contributed by atoms with van der Waals surface area (Å²) >= 11 is 0. The molecule has 7 atom stereocenters. The molecule has 0 heterocycles. The van der Waals surface area contributed by atoms with E-state index in [0.717, 1.165) is 0 Å². The van der Waals surface area contributed by atoms with Gasteiger partial charge in [-0.25, -0.2) is 5.84 Å². The SMILES string of the molecule is CC(=O)N[C@@H](CCCC[NH3+])C(=O)N[C@@H](CC(N)=O)C(=O)N[C@H](C(=O)N[C@@H](CC(C)C)C(=O)N[C@@H](Cc1ccc(O)cc1)C(=O)N[C@@H](CCC[NH+]=C(N)N)C(=O)N(N)[C@@H](CCC[NH+]=C(N)N)C(N)=O)C(C)C. The third-order valence-electron chi connectivity index (χ3n) is 10.8. The molecule has 0 bridgehead atoms. The molecule has 0 unspecified atom stereocenters. The first-order chi connectivity index (χ1) is 33.3. The third kappa shape index (κ3) is 24.2. The number of unbranched alkanes of at least 4 members (excludes halogenated alkanes) is 1. The number of quaternary nitrogens is 1. The molecule has 0 spiro atoms. The minimum atomic E-state index is -1.55. The molecule has 0 aliphatic carbocycles. The van der Waals surface area contributed by atoms with Crippen LogP contribution in [-0.4, -0.2) is 137 Å². The summed E-state index contributed by atoms with van der Waals surface area (Å²) in [5, 5.41) is 26.2. The zero-order valence-electron chi connectivity index (χ0n) is 41.5. The van der Waals surface area contributed by atoms with Crippen molar-refractivity contribution in [3.8, 4) is 5.75 Å². The lowest BCUT2D eigenvalue weighted by atomic mass is 9.98. The number of aromatic hydroxyl groups is 1. The highest BCUT2D eigenvalue weighted by atomic mass is 16.3. The van der Waals surface area contributed by atoms with Gasteiger partial charge in [0.05, 0.1) is 26.1 Å². The lowest BCUT2D eigenvalue weighted by Crippen LogP contribution is -2.78. The summed E-state index contributed by atoms with van der Waals surface area (Å²) in [6, 6.07) is -3.69. The summed E-state index contributed by atoms with van der Waals surface area (Å²) in [6.07, 6.45) is 0.945. The third-order valence-corrected chi connectivity index (χ3v) is 10.8. The Morgan fingerprint density at radius 3 is 1.62 bits per heavy atom. The van der Waals surface area contributed by atoms with Crippen LogP contribution in [0.5, 0.6) is 5.75 Å². The fourth-order valence-corrected chi connectivity index (χ4v) is 7.17. The van der Waals surface area contributed by atoms with E-state index in [-0.39, 0.29) is 81.6 Å². The molecule has 1 rings (SSSR count). The molecular weight excluding hydrogens is 927 g/mol. The fourth-order valence-electron chi connectivity index (χ4n) is 7.17. The molecule has 0 saturated carbocycles. The van der Waals surface area contributed by atoms with Gasteiger partial charge in [-0.1, -0.05) is 39.8 Å².